The van der Waals surface area contributed by atoms with E-state index in [1.54, 1.807) is 0 Å². The van der Waals surface area contributed by atoms with Crippen molar-refractivity contribution in [2.45, 2.75) is 23.6 Å². The molecule has 0 radical (unpaired) electrons. The van der Waals surface area contributed by atoms with Crippen molar-refractivity contribution in [3.8, 4) is 0 Å². The molecule has 0 fully saturated rings. The third-order valence-corrected chi connectivity index (χ3v) is 10.4. The standard InChI is InChI=1S/C38H28N2S2/c1-25-11-3-5-13-31(25)39(32-14-6-4-12-26(32)2)27-19-21-35-29(23-27)30-24-28(20-22-36(30)41-35)40-33-15-7-9-17-37(33)42-38-18-10-8-16-34(38)40/h3-24H,1-2H3. The summed E-state index contributed by atoms with van der Waals surface area (Å²) in [6.45, 7) is 4.38. The molecule has 202 valence electrons. The third-order valence-electron chi connectivity index (χ3n) is 8.10. The summed E-state index contributed by atoms with van der Waals surface area (Å²) in [5.74, 6) is 0. The molecule has 42 heavy (non-hydrogen) atoms. The fourth-order valence-electron chi connectivity index (χ4n) is 6.05. The predicted octanol–water partition coefficient (Wildman–Crippen LogP) is 12.1. The van der Waals surface area contributed by atoms with Crippen molar-refractivity contribution < 1.29 is 0 Å². The lowest BCUT2D eigenvalue weighted by Gasteiger charge is -2.32. The second kappa shape index (κ2) is 10.1. The van der Waals surface area contributed by atoms with Gasteiger partial charge in [-0.2, -0.15) is 0 Å². The van der Waals surface area contributed by atoms with Crippen LogP contribution >= 0.6 is 23.1 Å². The van der Waals surface area contributed by atoms with Gasteiger partial charge in [0.1, 0.15) is 0 Å². The van der Waals surface area contributed by atoms with E-state index in [1.165, 1.54) is 75.2 Å². The Balaban J connectivity index is 1.33. The Morgan fingerprint density at radius 3 is 1.67 bits per heavy atom. The molecule has 0 spiro atoms. The Morgan fingerprint density at radius 2 is 1.05 bits per heavy atom. The highest BCUT2D eigenvalue weighted by Crippen LogP contribution is 2.52. The van der Waals surface area contributed by atoms with E-state index in [1.807, 2.05) is 23.1 Å². The second-order valence-electron chi connectivity index (χ2n) is 10.7. The SMILES string of the molecule is Cc1ccccc1N(c1ccc2sc3ccc(N4c5ccccc5Sc5ccccc54)cc3c2c1)c1ccccc1C. The molecule has 0 saturated heterocycles. The Morgan fingerprint density at radius 1 is 0.524 bits per heavy atom. The van der Waals surface area contributed by atoms with Gasteiger partial charge >= 0.3 is 0 Å². The van der Waals surface area contributed by atoms with Crippen molar-refractivity contribution in [3.05, 3.63) is 145 Å². The summed E-state index contributed by atoms with van der Waals surface area (Å²) in [6.07, 6.45) is 0. The van der Waals surface area contributed by atoms with Crippen LogP contribution in [0.3, 0.4) is 0 Å². The number of hydrogen-bond acceptors (Lipinski definition) is 4. The minimum absolute atomic E-state index is 1.17. The minimum atomic E-state index is 1.17. The highest BCUT2D eigenvalue weighted by molar-refractivity contribution is 7.99. The molecule has 0 aliphatic carbocycles. The highest BCUT2D eigenvalue weighted by Gasteiger charge is 2.25. The smallest absolute Gasteiger partial charge is 0.0601 e. The molecule has 2 nitrogen and oxygen atoms in total. The van der Waals surface area contributed by atoms with Gasteiger partial charge in [-0.25, -0.2) is 0 Å². The van der Waals surface area contributed by atoms with E-state index in [4.69, 9.17) is 0 Å². The topological polar surface area (TPSA) is 6.48 Å². The Hall–Kier alpha value is -4.51. The molecule has 1 aliphatic rings. The van der Waals surface area contributed by atoms with Gasteiger partial charge in [-0.1, -0.05) is 72.4 Å². The maximum Gasteiger partial charge on any atom is 0.0601 e. The molecule has 0 amide bonds. The maximum absolute atomic E-state index is 2.42. The van der Waals surface area contributed by atoms with Crippen LogP contribution in [0.2, 0.25) is 0 Å². The normalized spacial score (nSPS) is 12.4. The number of hydrogen-bond donors (Lipinski definition) is 0. The lowest BCUT2D eigenvalue weighted by atomic mass is 10.1. The zero-order chi connectivity index (χ0) is 28.2. The predicted molar refractivity (Wildman–Crippen MR) is 182 cm³/mol. The van der Waals surface area contributed by atoms with E-state index in [0.29, 0.717) is 0 Å². The summed E-state index contributed by atoms with van der Waals surface area (Å²) in [7, 11) is 0. The van der Waals surface area contributed by atoms with Crippen LogP contribution in [0.4, 0.5) is 34.1 Å². The minimum Gasteiger partial charge on any atom is -0.310 e. The molecule has 0 atom stereocenters. The maximum atomic E-state index is 2.42. The molecule has 0 saturated carbocycles. The monoisotopic (exact) mass is 576 g/mol. The molecule has 6 aromatic carbocycles. The van der Waals surface area contributed by atoms with Crippen molar-refractivity contribution >= 4 is 77.4 Å². The first-order valence-electron chi connectivity index (χ1n) is 14.2. The number of rotatable bonds is 4. The lowest BCUT2D eigenvalue weighted by Crippen LogP contribution is -2.14. The first-order valence-corrected chi connectivity index (χ1v) is 15.8. The number of aryl methyl sites for hydroxylation is 2. The van der Waals surface area contributed by atoms with Crippen LogP contribution < -0.4 is 9.80 Å². The molecule has 4 heteroatoms. The Bertz CT molecular complexity index is 2040. The molecule has 1 aliphatic heterocycles. The van der Waals surface area contributed by atoms with E-state index >= 15 is 0 Å². The van der Waals surface area contributed by atoms with Gasteiger partial charge in [0.05, 0.1) is 11.4 Å². The fraction of sp³-hybridized carbons (Fsp3) is 0.0526. The average molecular weight is 577 g/mol. The number of nitrogens with zero attached hydrogens (tertiary/aromatic N) is 2. The number of benzene rings is 6. The summed E-state index contributed by atoms with van der Waals surface area (Å²) in [5, 5.41) is 2.58. The van der Waals surface area contributed by atoms with Crippen molar-refractivity contribution in [2.24, 2.45) is 0 Å². The van der Waals surface area contributed by atoms with Gasteiger partial charge in [-0.15, -0.1) is 11.3 Å². The number of thiophene rings is 1. The highest BCUT2D eigenvalue weighted by atomic mass is 32.2. The number of anilines is 6. The Labute approximate surface area is 254 Å². The lowest BCUT2D eigenvalue weighted by molar-refractivity contribution is 1.17. The van der Waals surface area contributed by atoms with Gasteiger partial charge in [-0.05, 0) is 97.8 Å². The summed E-state index contributed by atoms with van der Waals surface area (Å²) in [4.78, 5) is 7.38. The van der Waals surface area contributed by atoms with Crippen LogP contribution in [0.5, 0.6) is 0 Å². The fourth-order valence-corrected chi connectivity index (χ4v) is 8.18. The van der Waals surface area contributed by atoms with Gasteiger partial charge in [0, 0.05) is 52.7 Å². The van der Waals surface area contributed by atoms with Crippen LogP contribution in [0.25, 0.3) is 20.2 Å². The van der Waals surface area contributed by atoms with E-state index < -0.39 is 0 Å². The number of para-hydroxylation sites is 4. The zero-order valence-electron chi connectivity index (χ0n) is 23.4. The molecule has 8 rings (SSSR count). The molecule has 0 N–H and O–H groups in total. The van der Waals surface area contributed by atoms with Crippen molar-refractivity contribution in [1.29, 1.82) is 0 Å². The van der Waals surface area contributed by atoms with Crippen molar-refractivity contribution in [1.82, 2.24) is 0 Å². The van der Waals surface area contributed by atoms with Crippen LogP contribution in [0.15, 0.2) is 143 Å². The zero-order valence-corrected chi connectivity index (χ0v) is 25.0. The Kier molecular flexibility index (Phi) is 6.06. The summed E-state index contributed by atoms with van der Waals surface area (Å²) < 4.78 is 2.60. The van der Waals surface area contributed by atoms with Crippen molar-refractivity contribution in [2.75, 3.05) is 9.80 Å². The molecular weight excluding hydrogens is 549 g/mol. The largest absolute Gasteiger partial charge is 0.310 e. The van der Waals surface area contributed by atoms with E-state index in [-0.39, 0.29) is 0 Å². The van der Waals surface area contributed by atoms with Crippen molar-refractivity contribution in [3.63, 3.8) is 0 Å². The van der Waals surface area contributed by atoms with Crippen LogP contribution in [-0.2, 0) is 0 Å². The first-order chi connectivity index (χ1) is 20.7. The van der Waals surface area contributed by atoms with Gasteiger partial charge < -0.3 is 9.80 Å². The van der Waals surface area contributed by atoms with E-state index in [2.05, 4.69) is 157 Å². The molecule has 0 unspecified atom stereocenters. The number of fused-ring (bicyclic) bond motifs is 5. The van der Waals surface area contributed by atoms with Gasteiger partial charge in [0.15, 0.2) is 0 Å². The van der Waals surface area contributed by atoms with Gasteiger partial charge in [0.25, 0.3) is 0 Å². The van der Waals surface area contributed by atoms with Gasteiger partial charge in [-0.3, -0.25) is 0 Å². The summed E-state index contributed by atoms with van der Waals surface area (Å²) in [6, 6.07) is 48.6. The summed E-state index contributed by atoms with van der Waals surface area (Å²) >= 11 is 3.71. The average Bonchev–Trinajstić information content (AvgIpc) is 3.39. The summed E-state index contributed by atoms with van der Waals surface area (Å²) in [5.41, 5.74) is 9.70. The second-order valence-corrected chi connectivity index (χ2v) is 12.9. The third kappa shape index (κ3) is 4.10. The van der Waals surface area contributed by atoms with E-state index in [9.17, 15) is 0 Å². The molecule has 1 aromatic heterocycles. The molecule has 7 aromatic rings. The van der Waals surface area contributed by atoms with Crippen LogP contribution in [-0.4, -0.2) is 0 Å². The molecular formula is C38H28N2S2. The quantitative estimate of drug-likeness (QED) is 0.206. The van der Waals surface area contributed by atoms with Crippen LogP contribution in [0, 0.1) is 13.8 Å². The molecule has 2 heterocycles. The van der Waals surface area contributed by atoms with Gasteiger partial charge in [0.2, 0.25) is 0 Å². The molecule has 0 bridgehead atoms. The van der Waals surface area contributed by atoms with E-state index in [0.717, 1.165) is 0 Å². The van der Waals surface area contributed by atoms with Crippen LogP contribution in [0.1, 0.15) is 11.1 Å². The first kappa shape index (κ1) is 25.2.